The maximum Gasteiger partial charge on any atom is 0.254 e. The maximum absolute atomic E-state index is 12.7. The molecule has 2 fully saturated rings. The molecule has 0 spiro atoms. The van der Waals surface area contributed by atoms with Gasteiger partial charge in [0.2, 0.25) is 5.89 Å². The standard InChI is InChI=1S/C17H19N3O2/c1-11-4-6-13(7-5-11)17(21)20-10-2-3-14(20)16-18-15(19-22-16)12-8-9-12/h4-7,12,14H,2-3,8-10H2,1H3. The molecular weight excluding hydrogens is 278 g/mol. The Labute approximate surface area is 129 Å². The minimum Gasteiger partial charge on any atom is -0.337 e. The van der Waals surface area contributed by atoms with Crippen LogP contribution < -0.4 is 0 Å². The van der Waals surface area contributed by atoms with E-state index >= 15 is 0 Å². The van der Waals surface area contributed by atoms with Gasteiger partial charge in [0.05, 0.1) is 0 Å². The normalized spacial score (nSPS) is 21.3. The molecular formula is C17H19N3O2. The van der Waals surface area contributed by atoms with E-state index < -0.39 is 0 Å². The second kappa shape index (κ2) is 5.23. The number of benzene rings is 1. The molecule has 1 saturated heterocycles. The zero-order valence-corrected chi connectivity index (χ0v) is 12.7. The zero-order valence-electron chi connectivity index (χ0n) is 12.7. The highest BCUT2D eigenvalue weighted by Crippen LogP contribution is 2.40. The van der Waals surface area contributed by atoms with Gasteiger partial charge < -0.3 is 9.42 Å². The monoisotopic (exact) mass is 297 g/mol. The molecule has 1 atom stereocenters. The lowest BCUT2D eigenvalue weighted by Crippen LogP contribution is -2.30. The highest BCUT2D eigenvalue weighted by atomic mass is 16.5. The Morgan fingerprint density at radius 2 is 2.00 bits per heavy atom. The van der Waals surface area contributed by atoms with Gasteiger partial charge in [0.25, 0.3) is 5.91 Å². The van der Waals surface area contributed by atoms with Gasteiger partial charge in [0, 0.05) is 18.0 Å². The number of carbonyl (C=O) groups excluding carboxylic acids is 1. The van der Waals surface area contributed by atoms with Crippen LogP contribution in [0.5, 0.6) is 0 Å². The van der Waals surface area contributed by atoms with E-state index in [0.717, 1.165) is 49.2 Å². The van der Waals surface area contributed by atoms with Crippen molar-refractivity contribution in [2.24, 2.45) is 0 Å². The van der Waals surface area contributed by atoms with Crippen molar-refractivity contribution < 1.29 is 9.32 Å². The second-order valence-electron chi connectivity index (χ2n) is 6.29. The molecule has 0 N–H and O–H groups in total. The lowest BCUT2D eigenvalue weighted by molar-refractivity contribution is 0.0710. The summed E-state index contributed by atoms with van der Waals surface area (Å²) in [7, 11) is 0. The smallest absolute Gasteiger partial charge is 0.254 e. The Bertz CT molecular complexity index is 688. The summed E-state index contributed by atoms with van der Waals surface area (Å²) in [6.45, 7) is 2.77. The van der Waals surface area contributed by atoms with Crippen LogP contribution in [-0.2, 0) is 0 Å². The molecule has 4 rings (SSSR count). The lowest BCUT2D eigenvalue weighted by Gasteiger charge is -2.22. The molecule has 5 nitrogen and oxygen atoms in total. The number of carbonyl (C=O) groups is 1. The SMILES string of the molecule is Cc1ccc(C(=O)N2CCCC2c2nc(C3CC3)no2)cc1. The summed E-state index contributed by atoms with van der Waals surface area (Å²) >= 11 is 0. The van der Waals surface area contributed by atoms with Crippen molar-refractivity contribution in [3.63, 3.8) is 0 Å². The minimum absolute atomic E-state index is 0.0497. The summed E-state index contributed by atoms with van der Waals surface area (Å²) in [6.07, 6.45) is 4.17. The molecule has 1 amide bonds. The van der Waals surface area contributed by atoms with E-state index in [4.69, 9.17) is 4.52 Å². The van der Waals surface area contributed by atoms with Crippen molar-refractivity contribution in [1.29, 1.82) is 0 Å². The predicted molar refractivity (Wildman–Crippen MR) is 80.5 cm³/mol. The zero-order chi connectivity index (χ0) is 15.1. The fraction of sp³-hybridized carbons (Fsp3) is 0.471. The van der Waals surface area contributed by atoms with Gasteiger partial charge in [-0.2, -0.15) is 4.98 Å². The van der Waals surface area contributed by atoms with Crippen LogP contribution in [0.15, 0.2) is 28.8 Å². The molecule has 1 unspecified atom stereocenters. The number of amides is 1. The van der Waals surface area contributed by atoms with Gasteiger partial charge in [0.1, 0.15) is 6.04 Å². The lowest BCUT2D eigenvalue weighted by atomic mass is 10.1. The molecule has 1 aromatic heterocycles. The van der Waals surface area contributed by atoms with Crippen molar-refractivity contribution in [2.75, 3.05) is 6.54 Å². The van der Waals surface area contributed by atoms with Crippen molar-refractivity contribution >= 4 is 5.91 Å². The topological polar surface area (TPSA) is 59.2 Å². The van der Waals surface area contributed by atoms with Gasteiger partial charge >= 0.3 is 0 Å². The van der Waals surface area contributed by atoms with Crippen LogP contribution in [0.4, 0.5) is 0 Å². The molecule has 1 saturated carbocycles. The van der Waals surface area contributed by atoms with E-state index in [0.29, 0.717) is 11.8 Å². The summed E-state index contributed by atoms with van der Waals surface area (Å²) in [6, 6.07) is 7.63. The third kappa shape index (κ3) is 2.40. The average Bonchev–Trinajstić information content (AvgIpc) is 3.08. The van der Waals surface area contributed by atoms with E-state index in [1.165, 1.54) is 0 Å². The molecule has 5 heteroatoms. The Morgan fingerprint density at radius 1 is 1.23 bits per heavy atom. The molecule has 2 heterocycles. The molecule has 0 radical (unpaired) electrons. The first kappa shape index (κ1) is 13.5. The van der Waals surface area contributed by atoms with Crippen LogP contribution >= 0.6 is 0 Å². The van der Waals surface area contributed by atoms with Crippen LogP contribution in [0, 0.1) is 6.92 Å². The quantitative estimate of drug-likeness (QED) is 0.872. The molecule has 114 valence electrons. The number of nitrogens with zero attached hydrogens (tertiary/aromatic N) is 3. The van der Waals surface area contributed by atoms with Gasteiger partial charge in [-0.1, -0.05) is 22.9 Å². The largest absolute Gasteiger partial charge is 0.337 e. The number of rotatable bonds is 3. The van der Waals surface area contributed by atoms with Gasteiger partial charge in [-0.05, 0) is 44.7 Å². The van der Waals surface area contributed by atoms with Gasteiger partial charge in [-0.15, -0.1) is 0 Å². The molecule has 22 heavy (non-hydrogen) atoms. The summed E-state index contributed by atoms with van der Waals surface area (Å²) in [4.78, 5) is 19.1. The molecule has 0 bridgehead atoms. The highest BCUT2D eigenvalue weighted by Gasteiger charge is 2.36. The van der Waals surface area contributed by atoms with Gasteiger partial charge in [0.15, 0.2) is 5.82 Å². The van der Waals surface area contributed by atoms with E-state index in [-0.39, 0.29) is 11.9 Å². The second-order valence-corrected chi connectivity index (χ2v) is 6.29. The Balaban J connectivity index is 1.56. The van der Waals surface area contributed by atoms with E-state index in [2.05, 4.69) is 10.1 Å². The van der Waals surface area contributed by atoms with Gasteiger partial charge in [-0.3, -0.25) is 4.79 Å². The third-order valence-electron chi connectivity index (χ3n) is 4.50. The average molecular weight is 297 g/mol. The number of aryl methyl sites for hydroxylation is 1. The summed E-state index contributed by atoms with van der Waals surface area (Å²) in [5.74, 6) is 1.93. The fourth-order valence-corrected chi connectivity index (χ4v) is 3.02. The Morgan fingerprint density at radius 3 is 2.73 bits per heavy atom. The molecule has 2 aliphatic rings. The van der Waals surface area contributed by atoms with Crippen LogP contribution in [-0.4, -0.2) is 27.5 Å². The summed E-state index contributed by atoms with van der Waals surface area (Å²) < 4.78 is 5.43. The van der Waals surface area contributed by atoms with Crippen LogP contribution in [0.2, 0.25) is 0 Å². The summed E-state index contributed by atoms with van der Waals surface area (Å²) in [5.41, 5.74) is 1.87. The van der Waals surface area contributed by atoms with E-state index in [1.54, 1.807) is 0 Å². The van der Waals surface area contributed by atoms with Crippen LogP contribution in [0.25, 0.3) is 0 Å². The molecule has 2 aromatic rings. The number of hydrogen-bond donors (Lipinski definition) is 0. The van der Waals surface area contributed by atoms with Gasteiger partial charge in [-0.25, -0.2) is 0 Å². The minimum atomic E-state index is -0.0752. The van der Waals surface area contributed by atoms with Crippen LogP contribution in [0.3, 0.4) is 0 Å². The fourth-order valence-electron chi connectivity index (χ4n) is 3.02. The maximum atomic E-state index is 12.7. The van der Waals surface area contributed by atoms with Crippen molar-refractivity contribution in [1.82, 2.24) is 15.0 Å². The number of likely N-dealkylation sites (tertiary alicyclic amines) is 1. The first-order valence-corrected chi connectivity index (χ1v) is 7.93. The molecule has 1 aliphatic carbocycles. The van der Waals surface area contributed by atoms with Crippen molar-refractivity contribution in [3.8, 4) is 0 Å². The van der Waals surface area contributed by atoms with Crippen molar-refractivity contribution in [3.05, 3.63) is 47.1 Å². The van der Waals surface area contributed by atoms with E-state index in [1.807, 2.05) is 36.1 Å². The number of aromatic nitrogens is 2. The van der Waals surface area contributed by atoms with Crippen LogP contribution in [0.1, 0.15) is 65.3 Å². The third-order valence-corrected chi connectivity index (χ3v) is 4.50. The van der Waals surface area contributed by atoms with Crippen molar-refractivity contribution in [2.45, 2.75) is 44.6 Å². The first-order valence-electron chi connectivity index (χ1n) is 7.93. The highest BCUT2D eigenvalue weighted by molar-refractivity contribution is 5.94. The molecule has 1 aliphatic heterocycles. The Kier molecular flexibility index (Phi) is 3.21. The van der Waals surface area contributed by atoms with E-state index in [9.17, 15) is 4.79 Å². The Hall–Kier alpha value is -2.17. The molecule has 1 aromatic carbocycles. The first-order chi connectivity index (χ1) is 10.7. The summed E-state index contributed by atoms with van der Waals surface area (Å²) in [5, 5.41) is 4.08. The predicted octanol–water partition coefficient (Wildman–Crippen LogP) is 3.23. The number of hydrogen-bond acceptors (Lipinski definition) is 4.